The molecule has 7 heteroatoms. The highest BCUT2D eigenvalue weighted by Gasteiger charge is 2.58. The van der Waals surface area contributed by atoms with Crippen LogP contribution in [0.5, 0.6) is 0 Å². The SMILES string of the molecule is CC(=NNC(=O)C1C(c2ccccc2)C(C(=O)N2CCOCC2)C1c1ccccc1)c1ccc(Br)cc1. The fraction of sp³-hybridized carbons (Fsp3) is 0.300. The van der Waals surface area contributed by atoms with Gasteiger partial charge in [0.15, 0.2) is 0 Å². The van der Waals surface area contributed by atoms with Crippen LogP contribution in [0.3, 0.4) is 0 Å². The van der Waals surface area contributed by atoms with Crippen molar-refractivity contribution in [1.82, 2.24) is 10.3 Å². The Morgan fingerprint density at radius 1 is 0.838 bits per heavy atom. The third-order valence-corrected chi connectivity index (χ3v) is 7.95. The maximum Gasteiger partial charge on any atom is 0.244 e. The van der Waals surface area contributed by atoms with Crippen LogP contribution in [0.25, 0.3) is 0 Å². The highest BCUT2D eigenvalue weighted by atomic mass is 79.9. The molecule has 1 saturated carbocycles. The van der Waals surface area contributed by atoms with Crippen molar-refractivity contribution in [3.05, 3.63) is 106 Å². The smallest absolute Gasteiger partial charge is 0.244 e. The number of morpholine rings is 1. The van der Waals surface area contributed by atoms with E-state index in [0.717, 1.165) is 21.2 Å². The standard InChI is InChI=1S/C30H30BrN3O3/c1-20(21-12-14-24(31)15-13-21)32-33-29(35)27-25(22-8-4-2-5-9-22)28(26(27)23-10-6-3-7-11-23)30(36)34-16-18-37-19-17-34/h2-15,25-28H,16-19H2,1H3,(H,33,35). The molecule has 1 aliphatic carbocycles. The molecule has 3 aromatic carbocycles. The predicted octanol–water partition coefficient (Wildman–Crippen LogP) is 4.96. The lowest BCUT2D eigenvalue weighted by molar-refractivity contribution is -0.151. The second kappa shape index (κ2) is 11.4. The summed E-state index contributed by atoms with van der Waals surface area (Å²) in [4.78, 5) is 29.6. The molecule has 3 aromatic rings. The summed E-state index contributed by atoms with van der Waals surface area (Å²) in [7, 11) is 0. The van der Waals surface area contributed by atoms with E-state index in [1.807, 2.05) is 96.8 Å². The zero-order valence-corrected chi connectivity index (χ0v) is 22.3. The first-order valence-electron chi connectivity index (χ1n) is 12.6. The number of benzene rings is 3. The molecular weight excluding hydrogens is 530 g/mol. The molecule has 2 fully saturated rings. The Hall–Kier alpha value is -3.29. The number of ether oxygens (including phenoxy) is 1. The predicted molar refractivity (Wildman–Crippen MR) is 147 cm³/mol. The van der Waals surface area contributed by atoms with Crippen LogP contribution in [-0.4, -0.2) is 48.7 Å². The lowest BCUT2D eigenvalue weighted by Gasteiger charge is -2.52. The average Bonchev–Trinajstić information content (AvgIpc) is 2.93. The number of hydrogen-bond acceptors (Lipinski definition) is 4. The minimum absolute atomic E-state index is 0.0876. The van der Waals surface area contributed by atoms with Crippen molar-refractivity contribution in [3.8, 4) is 0 Å². The molecule has 2 aliphatic rings. The number of carbonyl (C=O) groups is 2. The molecule has 37 heavy (non-hydrogen) atoms. The van der Waals surface area contributed by atoms with E-state index in [1.54, 1.807) is 0 Å². The minimum atomic E-state index is -0.429. The second-order valence-electron chi connectivity index (χ2n) is 9.54. The summed E-state index contributed by atoms with van der Waals surface area (Å²) < 4.78 is 6.47. The Balaban J connectivity index is 1.48. The van der Waals surface area contributed by atoms with Crippen molar-refractivity contribution in [2.45, 2.75) is 18.8 Å². The molecule has 1 N–H and O–H groups in total. The number of carbonyl (C=O) groups excluding carboxylic acids is 2. The summed E-state index contributed by atoms with van der Waals surface area (Å²) >= 11 is 3.45. The Morgan fingerprint density at radius 2 is 1.38 bits per heavy atom. The van der Waals surface area contributed by atoms with E-state index in [4.69, 9.17) is 4.74 Å². The molecule has 1 saturated heterocycles. The highest BCUT2D eigenvalue weighted by molar-refractivity contribution is 9.10. The maximum absolute atomic E-state index is 13.9. The monoisotopic (exact) mass is 559 g/mol. The van der Waals surface area contributed by atoms with Crippen molar-refractivity contribution in [2.75, 3.05) is 26.3 Å². The number of nitrogens with one attached hydrogen (secondary N) is 1. The Kier molecular flexibility index (Phi) is 7.82. The van der Waals surface area contributed by atoms with Crippen LogP contribution in [0.4, 0.5) is 0 Å². The molecule has 2 atom stereocenters. The number of rotatable bonds is 6. The van der Waals surface area contributed by atoms with E-state index >= 15 is 0 Å². The van der Waals surface area contributed by atoms with E-state index in [9.17, 15) is 9.59 Å². The third-order valence-electron chi connectivity index (χ3n) is 7.42. The van der Waals surface area contributed by atoms with Gasteiger partial charge in [0.1, 0.15) is 0 Å². The first-order valence-corrected chi connectivity index (χ1v) is 13.4. The van der Waals surface area contributed by atoms with Gasteiger partial charge in [-0.25, -0.2) is 5.43 Å². The summed E-state index contributed by atoms with van der Waals surface area (Å²) in [6.45, 7) is 4.10. The number of amides is 2. The number of nitrogens with zero attached hydrogens (tertiary/aromatic N) is 2. The van der Waals surface area contributed by atoms with Gasteiger partial charge in [0.05, 0.1) is 30.8 Å². The van der Waals surface area contributed by atoms with Gasteiger partial charge in [-0.05, 0) is 35.7 Å². The summed E-state index contributed by atoms with van der Waals surface area (Å²) in [6, 6.07) is 27.6. The zero-order valence-electron chi connectivity index (χ0n) is 20.7. The molecule has 2 amide bonds. The topological polar surface area (TPSA) is 71.0 Å². The Bertz CT molecular complexity index is 1210. The highest BCUT2D eigenvalue weighted by Crippen LogP contribution is 2.58. The van der Waals surface area contributed by atoms with Crippen LogP contribution < -0.4 is 5.43 Å². The number of halogens is 1. The van der Waals surface area contributed by atoms with Gasteiger partial charge in [-0.15, -0.1) is 0 Å². The van der Waals surface area contributed by atoms with E-state index < -0.39 is 5.92 Å². The van der Waals surface area contributed by atoms with Gasteiger partial charge in [-0.1, -0.05) is 88.7 Å². The minimum Gasteiger partial charge on any atom is -0.378 e. The normalized spacial score (nSPS) is 23.7. The summed E-state index contributed by atoms with van der Waals surface area (Å²) in [5.74, 6) is -1.35. The van der Waals surface area contributed by atoms with Gasteiger partial charge >= 0.3 is 0 Å². The van der Waals surface area contributed by atoms with Crippen LogP contribution in [0.15, 0.2) is 94.5 Å². The van der Waals surface area contributed by atoms with E-state index in [1.165, 1.54) is 0 Å². The van der Waals surface area contributed by atoms with Gasteiger partial charge in [0.2, 0.25) is 11.8 Å². The first-order chi connectivity index (χ1) is 18.0. The lowest BCUT2D eigenvalue weighted by Crippen LogP contribution is -2.57. The molecular formula is C30H30BrN3O3. The van der Waals surface area contributed by atoms with Crippen molar-refractivity contribution in [1.29, 1.82) is 0 Å². The quantitative estimate of drug-likeness (QED) is 0.342. The van der Waals surface area contributed by atoms with Gasteiger partial charge in [0, 0.05) is 29.4 Å². The van der Waals surface area contributed by atoms with Crippen molar-refractivity contribution < 1.29 is 14.3 Å². The largest absolute Gasteiger partial charge is 0.378 e. The van der Waals surface area contributed by atoms with Crippen molar-refractivity contribution in [3.63, 3.8) is 0 Å². The third kappa shape index (κ3) is 5.38. The van der Waals surface area contributed by atoms with Crippen LogP contribution in [0.1, 0.15) is 35.4 Å². The fourth-order valence-electron chi connectivity index (χ4n) is 5.52. The molecule has 1 aliphatic heterocycles. The second-order valence-corrected chi connectivity index (χ2v) is 10.5. The lowest BCUT2D eigenvalue weighted by atomic mass is 9.51. The summed E-state index contributed by atoms with van der Waals surface area (Å²) in [5.41, 5.74) is 6.46. The van der Waals surface area contributed by atoms with Crippen LogP contribution in [0.2, 0.25) is 0 Å². The molecule has 0 aromatic heterocycles. The maximum atomic E-state index is 13.9. The molecule has 0 radical (unpaired) electrons. The molecule has 0 spiro atoms. The van der Waals surface area contributed by atoms with Crippen LogP contribution in [-0.2, 0) is 14.3 Å². The van der Waals surface area contributed by atoms with Gasteiger partial charge in [0.25, 0.3) is 0 Å². The van der Waals surface area contributed by atoms with Crippen LogP contribution >= 0.6 is 15.9 Å². The van der Waals surface area contributed by atoms with Crippen LogP contribution in [0, 0.1) is 11.8 Å². The van der Waals surface area contributed by atoms with Crippen molar-refractivity contribution in [2.24, 2.45) is 16.9 Å². The first kappa shape index (κ1) is 25.4. The molecule has 190 valence electrons. The van der Waals surface area contributed by atoms with E-state index in [-0.39, 0.29) is 29.6 Å². The summed E-state index contributed by atoms with van der Waals surface area (Å²) in [5, 5.41) is 4.43. The number of hydrazone groups is 1. The van der Waals surface area contributed by atoms with Gasteiger partial charge in [-0.2, -0.15) is 5.10 Å². The molecule has 0 bridgehead atoms. The number of hydrogen-bond donors (Lipinski definition) is 1. The van der Waals surface area contributed by atoms with Gasteiger partial charge < -0.3 is 9.64 Å². The van der Waals surface area contributed by atoms with Gasteiger partial charge in [-0.3, -0.25) is 9.59 Å². The van der Waals surface area contributed by atoms with E-state index in [0.29, 0.717) is 32.0 Å². The zero-order chi connectivity index (χ0) is 25.8. The average molecular weight is 560 g/mol. The molecule has 6 nitrogen and oxygen atoms in total. The van der Waals surface area contributed by atoms with E-state index in [2.05, 4.69) is 26.5 Å². The fourth-order valence-corrected chi connectivity index (χ4v) is 5.79. The van der Waals surface area contributed by atoms with Crippen molar-refractivity contribution >= 4 is 33.5 Å². The Labute approximate surface area is 225 Å². The molecule has 2 unspecified atom stereocenters. The molecule has 5 rings (SSSR count). The Morgan fingerprint density at radius 3 is 1.92 bits per heavy atom. The summed E-state index contributed by atoms with van der Waals surface area (Å²) in [6.07, 6.45) is 0. The molecule has 1 heterocycles.